The van der Waals surface area contributed by atoms with Crippen molar-refractivity contribution in [1.82, 2.24) is 10.2 Å². The lowest BCUT2D eigenvalue weighted by Crippen LogP contribution is -2.54. The molecule has 0 fully saturated rings. The van der Waals surface area contributed by atoms with Crippen LogP contribution in [-0.2, 0) is 26.0 Å². The predicted octanol–water partition coefficient (Wildman–Crippen LogP) is 4.87. The van der Waals surface area contributed by atoms with Crippen molar-refractivity contribution in [3.8, 4) is 0 Å². The van der Waals surface area contributed by atoms with E-state index in [0.717, 1.165) is 16.7 Å². The molecule has 0 aliphatic carbocycles. The lowest BCUT2D eigenvalue weighted by molar-refractivity contribution is -0.139. The first kappa shape index (κ1) is 29.9. The summed E-state index contributed by atoms with van der Waals surface area (Å²) in [6, 6.07) is 22.4. The molecule has 2 amide bonds. The highest BCUT2D eigenvalue weighted by Crippen LogP contribution is 2.29. The largest absolute Gasteiger partial charge is 0.352 e. The normalized spacial score (nSPS) is 12.2. The molecule has 7 nitrogen and oxygen atoms in total. The van der Waals surface area contributed by atoms with Gasteiger partial charge in [-0.3, -0.25) is 13.9 Å². The van der Waals surface area contributed by atoms with Crippen LogP contribution >= 0.6 is 0 Å². The van der Waals surface area contributed by atoms with Crippen LogP contribution in [0.25, 0.3) is 0 Å². The first-order valence-corrected chi connectivity index (χ1v) is 14.8. The number of carbonyl (C=O) groups excluding carboxylic acids is 2. The molecule has 0 saturated carbocycles. The summed E-state index contributed by atoms with van der Waals surface area (Å²) in [4.78, 5) is 28.9. The number of sulfonamides is 1. The maximum absolute atomic E-state index is 14.1. The van der Waals surface area contributed by atoms with Gasteiger partial charge < -0.3 is 10.2 Å². The van der Waals surface area contributed by atoms with Crippen molar-refractivity contribution in [3.63, 3.8) is 0 Å². The highest BCUT2D eigenvalue weighted by atomic mass is 32.2. The molecule has 0 unspecified atom stereocenters. The van der Waals surface area contributed by atoms with E-state index < -0.39 is 28.5 Å². The Morgan fingerprint density at radius 2 is 1.49 bits per heavy atom. The maximum Gasteiger partial charge on any atom is 0.264 e. The van der Waals surface area contributed by atoms with Crippen LogP contribution in [0, 0.1) is 13.8 Å². The lowest BCUT2D eigenvalue weighted by Gasteiger charge is -2.34. The summed E-state index contributed by atoms with van der Waals surface area (Å²) in [5, 5.41) is 2.92. The number of aryl methyl sites for hydroxylation is 1. The summed E-state index contributed by atoms with van der Waals surface area (Å²) in [5.41, 5.74) is 3.15. The number of nitrogens with one attached hydrogen (secondary N) is 1. The Morgan fingerprint density at radius 3 is 2.08 bits per heavy atom. The summed E-state index contributed by atoms with van der Waals surface area (Å²) >= 11 is 0. The Labute approximate surface area is 232 Å². The second-order valence-corrected chi connectivity index (χ2v) is 11.8. The van der Waals surface area contributed by atoms with Gasteiger partial charge in [-0.25, -0.2) is 8.42 Å². The number of hydrogen-bond donors (Lipinski definition) is 1. The number of carbonyl (C=O) groups is 2. The second-order valence-electron chi connectivity index (χ2n) is 9.95. The Hall–Kier alpha value is -3.65. The number of rotatable bonds is 12. The smallest absolute Gasteiger partial charge is 0.264 e. The Kier molecular flexibility index (Phi) is 10.3. The molecule has 0 bridgehead atoms. The summed E-state index contributed by atoms with van der Waals surface area (Å²) in [6.07, 6.45) is 0.931. The van der Waals surface area contributed by atoms with Crippen LogP contribution in [-0.4, -0.2) is 50.3 Å². The first-order chi connectivity index (χ1) is 18.6. The van der Waals surface area contributed by atoms with Gasteiger partial charge in [0.2, 0.25) is 11.8 Å². The van der Waals surface area contributed by atoms with E-state index in [1.165, 1.54) is 21.3 Å². The molecular formula is C31H39N3O4S. The monoisotopic (exact) mass is 549 g/mol. The third kappa shape index (κ3) is 7.47. The third-order valence-electron chi connectivity index (χ3n) is 6.76. The summed E-state index contributed by atoms with van der Waals surface area (Å²) in [7, 11) is -4.08. The molecule has 0 aliphatic rings. The SMILES string of the molecule is CC[C@@H](C(=O)NC(C)C)N(CCc1ccccc1)C(=O)CN(c1cccc(C)c1C)S(=O)(=O)c1ccccc1. The summed E-state index contributed by atoms with van der Waals surface area (Å²) in [5.74, 6) is -0.685. The maximum atomic E-state index is 14.1. The number of amides is 2. The molecule has 0 saturated heterocycles. The van der Waals surface area contributed by atoms with E-state index >= 15 is 0 Å². The van der Waals surface area contributed by atoms with Crippen LogP contribution in [0.3, 0.4) is 0 Å². The number of nitrogens with zero attached hydrogens (tertiary/aromatic N) is 2. The fourth-order valence-corrected chi connectivity index (χ4v) is 6.01. The topological polar surface area (TPSA) is 86.8 Å². The van der Waals surface area contributed by atoms with Crippen LogP contribution in [0.2, 0.25) is 0 Å². The molecular weight excluding hydrogens is 510 g/mol. The van der Waals surface area contributed by atoms with Gasteiger partial charge in [0, 0.05) is 12.6 Å². The molecule has 0 aliphatic heterocycles. The zero-order valence-corrected chi connectivity index (χ0v) is 24.2. The van der Waals surface area contributed by atoms with Crippen LogP contribution < -0.4 is 9.62 Å². The van der Waals surface area contributed by atoms with Gasteiger partial charge in [0.05, 0.1) is 10.6 Å². The van der Waals surface area contributed by atoms with Crippen LogP contribution in [0.4, 0.5) is 5.69 Å². The van der Waals surface area contributed by atoms with Crippen LogP contribution in [0.5, 0.6) is 0 Å². The van der Waals surface area contributed by atoms with Gasteiger partial charge >= 0.3 is 0 Å². The number of benzene rings is 3. The highest BCUT2D eigenvalue weighted by Gasteiger charge is 2.34. The Bertz CT molecular complexity index is 1360. The molecule has 3 aromatic carbocycles. The van der Waals surface area contributed by atoms with Gasteiger partial charge in [0.1, 0.15) is 12.6 Å². The van der Waals surface area contributed by atoms with Gasteiger partial charge in [-0.1, -0.05) is 67.6 Å². The average molecular weight is 550 g/mol. The molecule has 208 valence electrons. The van der Waals surface area contributed by atoms with Gasteiger partial charge in [0.25, 0.3) is 10.0 Å². The van der Waals surface area contributed by atoms with Gasteiger partial charge in [-0.05, 0) is 75.4 Å². The van der Waals surface area contributed by atoms with E-state index in [0.29, 0.717) is 18.5 Å². The van der Waals surface area contributed by atoms with Gasteiger partial charge in [-0.2, -0.15) is 0 Å². The van der Waals surface area contributed by atoms with E-state index in [4.69, 9.17) is 0 Å². The van der Waals surface area contributed by atoms with Crippen molar-refractivity contribution < 1.29 is 18.0 Å². The summed E-state index contributed by atoms with van der Waals surface area (Å²) < 4.78 is 29.0. The predicted molar refractivity (Wildman–Crippen MR) is 156 cm³/mol. The lowest BCUT2D eigenvalue weighted by atomic mass is 10.1. The van der Waals surface area contributed by atoms with E-state index in [-0.39, 0.29) is 23.4 Å². The van der Waals surface area contributed by atoms with Crippen molar-refractivity contribution in [3.05, 3.63) is 95.6 Å². The fourth-order valence-electron chi connectivity index (χ4n) is 4.52. The molecule has 1 atom stereocenters. The summed E-state index contributed by atoms with van der Waals surface area (Å²) in [6.45, 7) is 9.20. The molecule has 0 radical (unpaired) electrons. The molecule has 1 N–H and O–H groups in total. The van der Waals surface area contributed by atoms with E-state index in [2.05, 4.69) is 5.32 Å². The number of hydrogen-bond acceptors (Lipinski definition) is 4. The van der Waals surface area contributed by atoms with Crippen molar-refractivity contribution in [1.29, 1.82) is 0 Å². The zero-order chi connectivity index (χ0) is 28.6. The Morgan fingerprint density at radius 1 is 0.872 bits per heavy atom. The first-order valence-electron chi connectivity index (χ1n) is 13.3. The van der Waals surface area contributed by atoms with Crippen molar-refractivity contribution in [2.24, 2.45) is 0 Å². The van der Waals surface area contributed by atoms with Crippen LogP contribution in [0.1, 0.15) is 43.9 Å². The van der Waals surface area contributed by atoms with Crippen molar-refractivity contribution >= 4 is 27.5 Å². The standard InChI is InChI=1S/C31H39N3O4S/c1-6-28(31(36)32-23(2)3)33(21-20-26-15-9-7-10-16-26)30(35)22-34(29-19-13-14-24(4)25(29)5)39(37,38)27-17-11-8-12-18-27/h7-19,23,28H,6,20-22H2,1-5H3,(H,32,36)/t28-/m0/s1. The van der Waals surface area contributed by atoms with E-state index in [1.54, 1.807) is 30.3 Å². The second kappa shape index (κ2) is 13.4. The molecule has 8 heteroatoms. The minimum Gasteiger partial charge on any atom is -0.352 e. The molecule has 3 aromatic rings. The van der Waals surface area contributed by atoms with Crippen LogP contribution in [0.15, 0.2) is 83.8 Å². The third-order valence-corrected chi connectivity index (χ3v) is 8.53. The van der Waals surface area contributed by atoms with Crippen molar-refractivity contribution in [2.45, 2.75) is 64.4 Å². The van der Waals surface area contributed by atoms with E-state index in [1.807, 2.05) is 71.0 Å². The highest BCUT2D eigenvalue weighted by molar-refractivity contribution is 7.92. The van der Waals surface area contributed by atoms with Gasteiger partial charge in [0.15, 0.2) is 0 Å². The molecule has 3 rings (SSSR count). The van der Waals surface area contributed by atoms with E-state index in [9.17, 15) is 18.0 Å². The minimum absolute atomic E-state index is 0.0949. The molecule has 39 heavy (non-hydrogen) atoms. The van der Waals surface area contributed by atoms with Gasteiger partial charge in [-0.15, -0.1) is 0 Å². The molecule has 0 spiro atoms. The quantitative estimate of drug-likeness (QED) is 0.349. The fraction of sp³-hybridized carbons (Fsp3) is 0.355. The Balaban J connectivity index is 2.04. The zero-order valence-electron chi connectivity index (χ0n) is 23.4. The number of anilines is 1. The van der Waals surface area contributed by atoms with Crippen molar-refractivity contribution in [2.75, 3.05) is 17.4 Å². The molecule has 0 aromatic heterocycles. The minimum atomic E-state index is -4.08. The average Bonchev–Trinajstić information content (AvgIpc) is 2.91. The molecule has 0 heterocycles.